The molecule has 0 bridgehead atoms. The lowest BCUT2D eigenvalue weighted by atomic mass is 9.95. The molecule has 0 aliphatic carbocycles. The van der Waals surface area contributed by atoms with E-state index in [4.69, 9.17) is 0 Å². The Hall–Kier alpha value is -1.36. The Bertz CT molecular complexity index is 468. The molecule has 0 saturated heterocycles. The van der Waals surface area contributed by atoms with E-state index in [0.29, 0.717) is 6.42 Å². The number of hydrogen-bond donors (Lipinski definition) is 2. The average Bonchev–Trinajstić information content (AvgIpc) is 2.64. The third kappa shape index (κ3) is 3.82. The van der Waals surface area contributed by atoms with Gasteiger partial charge in [0.25, 0.3) is 0 Å². The number of aryl methyl sites for hydroxylation is 2. The number of aliphatic carboxylic acids is 1. The summed E-state index contributed by atoms with van der Waals surface area (Å²) in [5.74, 6) is -0.782. The molecule has 0 aliphatic heterocycles. The first kappa shape index (κ1) is 16.7. The number of carboxylic acids is 1. The van der Waals surface area contributed by atoms with E-state index >= 15 is 0 Å². The van der Waals surface area contributed by atoms with Crippen LogP contribution >= 0.6 is 0 Å². The van der Waals surface area contributed by atoms with E-state index in [1.165, 1.54) is 11.3 Å². The highest BCUT2D eigenvalue weighted by molar-refractivity contribution is 5.78. The number of carboxylic acid groups (broad SMARTS) is 1. The van der Waals surface area contributed by atoms with E-state index in [9.17, 15) is 9.90 Å². The van der Waals surface area contributed by atoms with Crippen LogP contribution in [0.3, 0.4) is 0 Å². The first-order chi connectivity index (χ1) is 9.31. The largest absolute Gasteiger partial charge is 0.480 e. The molecule has 114 valence electrons. The predicted octanol–water partition coefficient (Wildman–Crippen LogP) is 2.43. The molecule has 1 aromatic heterocycles. The molecule has 1 rings (SSSR count). The highest BCUT2D eigenvalue weighted by atomic mass is 16.4. The van der Waals surface area contributed by atoms with E-state index in [-0.39, 0.29) is 0 Å². The minimum Gasteiger partial charge on any atom is -0.480 e. The molecule has 0 radical (unpaired) electrons. The Kier molecular flexibility index (Phi) is 5.74. The van der Waals surface area contributed by atoms with Crippen LogP contribution in [0.15, 0.2) is 0 Å². The lowest BCUT2D eigenvalue weighted by Crippen LogP contribution is -2.49. The standard InChI is InChI=1S/C15H27N3O2/c1-6-9-16-15(5,14(19)20)8-7-10-18-13(4)11(2)12(3)17-18/h16H,6-10H2,1-5H3,(H,19,20). The van der Waals surface area contributed by atoms with Crippen LogP contribution < -0.4 is 5.32 Å². The van der Waals surface area contributed by atoms with E-state index < -0.39 is 11.5 Å². The summed E-state index contributed by atoms with van der Waals surface area (Å²) in [6, 6.07) is 0. The van der Waals surface area contributed by atoms with Crippen LogP contribution in [0.4, 0.5) is 0 Å². The van der Waals surface area contributed by atoms with Crippen molar-refractivity contribution in [3.05, 3.63) is 17.0 Å². The van der Waals surface area contributed by atoms with Crippen LogP contribution in [0.25, 0.3) is 0 Å². The number of nitrogens with zero attached hydrogens (tertiary/aromatic N) is 2. The number of nitrogens with one attached hydrogen (secondary N) is 1. The molecule has 1 heterocycles. The van der Waals surface area contributed by atoms with E-state index in [2.05, 4.69) is 24.3 Å². The zero-order valence-electron chi connectivity index (χ0n) is 13.3. The molecule has 1 aromatic rings. The molecule has 0 fully saturated rings. The van der Waals surface area contributed by atoms with Gasteiger partial charge in [0, 0.05) is 12.2 Å². The summed E-state index contributed by atoms with van der Waals surface area (Å²) in [5, 5.41) is 17.0. The van der Waals surface area contributed by atoms with Crippen molar-refractivity contribution in [2.45, 2.75) is 66.0 Å². The highest BCUT2D eigenvalue weighted by Crippen LogP contribution is 2.16. The summed E-state index contributed by atoms with van der Waals surface area (Å²) in [6.45, 7) is 11.4. The van der Waals surface area contributed by atoms with E-state index in [1.807, 2.05) is 18.5 Å². The second-order valence-corrected chi connectivity index (χ2v) is 5.69. The summed E-state index contributed by atoms with van der Waals surface area (Å²) < 4.78 is 1.98. The molecule has 0 spiro atoms. The van der Waals surface area contributed by atoms with E-state index in [0.717, 1.165) is 31.6 Å². The third-order valence-corrected chi connectivity index (χ3v) is 4.03. The van der Waals surface area contributed by atoms with Crippen molar-refractivity contribution in [3.63, 3.8) is 0 Å². The maximum Gasteiger partial charge on any atom is 0.323 e. The molecule has 1 atom stereocenters. The van der Waals surface area contributed by atoms with Crippen molar-refractivity contribution in [1.82, 2.24) is 15.1 Å². The topological polar surface area (TPSA) is 67.2 Å². The summed E-state index contributed by atoms with van der Waals surface area (Å²) in [5.41, 5.74) is 2.59. The van der Waals surface area contributed by atoms with Crippen LogP contribution in [0, 0.1) is 20.8 Å². The zero-order valence-corrected chi connectivity index (χ0v) is 13.3. The van der Waals surface area contributed by atoms with Gasteiger partial charge < -0.3 is 10.4 Å². The Balaban J connectivity index is 2.60. The van der Waals surface area contributed by atoms with Gasteiger partial charge in [0.2, 0.25) is 0 Å². The van der Waals surface area contributed by atoms with Gasteiger partial charge >= 0.3 is 5.97 Å². The Labute approximate surface area is 121 Å². The molecule has 0 amide bonds. The van der Waals surface area contributed by atoms with Gasteiger partial charge in [-0.1, -0.05) is 6.92 Å². The average molecular weight is 281 g/mol. The maximum atomic E-state index is 11.4. The number of carbonyl (C=O) groups is 1. The smallest absolute Gasteiger partial charge is 0.323 e. The van der Waals surface area contributed by atoms with E-state index in [1.54, 1.807) is 6.92 Å². The lowest BCUT2D eigenvalue weighted by molar-refractivity contribution is -0.144. The van der Waals surface area contributed by atoms with Gasteiger partial charge in [0.15, 0.2) is 0 Å². The van der Waals surface area contributed by atoms with Crippen molar-refractivity contribution in [1.29, 1.82) is 0 Å². The van der Waals surface area contributed by atoms with Gasteiger partial charge in [0.1, 0.15) is 5.54 Å². The predicted molar refractivity (Wildman–Crippen MR) is 80.0 cm³/mol. The van der Waals surface area contributed by atoms with Gasteiger partial charge in [-0.2, -0.15) is 5.10 Å². The van der Waals surface area contributed by atoms with Crippen molar-refractivity contribution < 1.29 is 9.90 Å². The lowest BCUT2D eigenvalue weighted by Gasteiger charge is -2.26. The van der Waals surface area contributed by atoms with Crippen molar-refractivity contribution in [2.75, 3.05) is 6.54 Å². The van der Waals surface area contributed by atoms with Crippen LogP contribution in [-0.4, -0.2) is 32.9 Å². The molecule has 20 heavy (non-hydrogen) atoms. The van der Waals surface area contributed by atoms with Crippen molar-refractivity contribution in [3.8, 4) is 0 Å². The fourth-order valence-electron chi connectivity index (χ4n) is 2.26. The zero-order chi connectivity index (χ0) is 15.3. The summed E-state index contributed by atoms with van der Waals surface area (Å²) >= 11 is 0. The minimum absolute atomic E-state index is 0.597. The molecular weight excluding hydrogens is 254 g/mol. The van der Waals surface area contributed by atoms with Crippen LogP contribution in [-0.2, 0) is 11.3 Å². The fourth-order valence-corrected chi connectivity index (χ4v) is 2.26. The van der Waals surface area contributed by atoms with Crippen LogP contribution in [0.1, 0.15) is 50.1 Å². The quantitative estimate of drug-likeness (QED) is 0.768. The van der Waals surface area contributed by atoms with Gasteiger partial charge in [-0.25, -0.2) is 0 Å². The molecule has 2 N–H and O–H groups in total. The molecule has 0 saturated carbocycles. The number of hydrogen-bond acceptors (Lipinski definition) is 3. The second-order valence-electron chi connectivity index (χ2n) is 5.69. The van der Waals surface area contributed by atoms with Crippen LogP contribution in [0.5, 0.6) is 0 Å². The Morgan fingerprint density at radius 3 is 2.50 bits per heavy atom. The van der Waals surface area contributed by atoms with Crippen LogP contribution in [0.2, 0.25) is 0 Å². The summed E-state index contributed by atoms with van der Waals surface area (Å²) in [6.07, 6.45) is 2.32. The molecule has 5 heteroatoms. The highest BCUT2D eigenvalue weighted by Gasteiger charge is 2.31. The fraction of sp³-hybridized carbons (Fsp3) is 0.733. The normalized spacial score (nSPS) is 14.2. The number of aromatic nitrogens is 2. The number of rotatable bonds is 8. The van der Waals surface area contributed by atoms with Gasteiger partial charge in [-0.3, -0.25) is 9.48 Å². The van der Waals surface area contributed by atoms with Crippen molar-refractivity contribution in [2.24, 2.45) is 0 Å². The summed E-state index contributed by atoms with van der Waals surface area (Å²) in [7, 11) is 0. The van der Waals surface area contributed by atoms with Gasteiger partial charge in [-0.15, -0.1) is 0 Å². The first-order valence-electron chi connectivity index (χ1n) is 7.31. The van der Waals surface area contributed by atoms with Gasteiger partial charge in [0.05, 0.1) is 5.69 Å². The van der Waals surface area contributed by atoms with Gasteiger partial charge in [-0.05, 0) is 59.1 Å². The molecule has 5 nitrogen and oxygen atoms in total. The molecule has 1 unspecified atom stereocenters. The molecule has 0 aromatic carbocycles. The van der Waals surface area contributed by atoms with Crippen molar-refractivity contribution >= 4 is 5.97 Å². The third-order valence-electron chi connectivity index (χ3n) is 4.03. The minimum atomic E-state index is -0.846. The molecular formula is C15H27N3O2. The molecule has 0 aliphatic rings. The SMILES string of the molecule is CCCNC(C)(CCCn1nc(C)c(C)c1C)C(=O)O. The maximum absolute atomic E-state index is 11.4. The summed E-state index contributed by atoms with van der Waals surface area (Å²) in [4.78, 5) is 11.4. The first-order valence-corrected chi connectivity index (χ1v) is 7.31. The Morgan fingerprint density at radius 1 is 1.40 bits per heavy atom. The monoisotopic (exact) mass is 281 g/mol. The second kappa shape index (κ2) is 6.88. The Morgan fingerprint density at radius 2 is 2.05 bits per heavy atom.